The first-order valence-corrected chi connectivity index (χ1v) is 12.5. The number of nitriles is 1. The SMILES string of the molecule is CC1CCN(S(=O)(=O)c2ccc(-c3nc(C#N)c(N4C[C@@H](C)C[C@H](C)C4)o3)cc2)CC1. The van der Waals surface area contributed by atoms with Gasteiger partial charge in [-0.2, -0.15) is 14.6 Å². The zero-order valence-electron chi connectivity index (χ0n) is 18.4. The molecule has 2 aliphatic rings. The molecule has 7 nitrogen and oxygen atoms in total. The van der Waals surface area contributed by atoms with E-state index in [4.69, 9.17) is 4.42 Å². The summed E-state index contributed by atoms with van der Waals surface area (Å²) in [5.74, 6) is 2.45. The Kier molecular flexibility index (Phi) is 6.09. The Balaban J connectivity index is 1.57. The molecule has 0 radical (unpaired) electrons. The Morgan fingerprint density at radius 1 is 1.03 bits per heavy atom. The van der Waals surface area contributed by atoms with Crippen LogP contribution < -0.4 is 4.90 Å². The minimum absolute atomic E-state index is 0.274. The van der Waals surface area contributed by atoms with Gasteiger partial charge in [0.2, 0.25) is 27.5 Å². The van der Waals surface area contributed by atoms with Crippen molar-refractivity contribution in [1.29, 1.82) is 5.26 Å². The van der Waals surface area contributed by atoms with Gasteiger partial charge >= 0.3 is 0 Å². The fourth-order valence-electron chi connectivity index (χ4n) is 4.70. The maximum atomic E-state index is 13.0. The van der Waals surface area contributed by atoms with Gasteiger partial charge in [0.15, 0.2) is 0 Å². The van der Waals surface area contributed by atoms with E-state index in [0.29, 0.717) is 48.2 Å². The number of hydrogen-bond acceptors (Lipinski definition) is 6. The molecule has 0 N–H and O–H groups in total. The highest BCUT2D eigenvalue weighted by molar-refractivity contribution is 7.89. The first-order chi connectivity index (χ1) is 14.8. The molecule has 1 aromatic carbocycles. The molecule has 2 aromatic rings. The number of anilines is 1. The van der Waals surface area contributed by atoms with Crippen LogP contribution in [-0.2, 0) is 10.0 Å². The summed E-state index contributed by atoms with van der Waals surface area (Å²) in [4.78, 5) is 6.76. The smallest absolute Gasteiger partial charge is 0.243 e. The van der Waals surface area contributed by atoms with Gasteiger partial charge in [-0.25, -0.2) is 8.42 Å². The third-order valence-electron chi connectivity index (χ3n) is 6.35. The normalized spacial score (nSPS) is 23.6. The van der Waals surface area contributed by atoms with Gasteiger partial charge in [0.1, 0.15) is 6.07 Å². The van der Waals surface area contributed by atoms with Crippen LogP contribution in [0.5, 0.6) is 0 Å². The molecule has 0 unspecified atom stereocenters. The first-order valence-electron chi connectivity index (χ1n) is 11.0. The highest BCUT2D eigenvalue weighted by atomic mass is 32.2. The number of rotatable bonds is 4. The van der Waals surface area contributed by atoms with Gasteiger partial charge in [-0.3, -0.25) is 0 Å². The summed E-state index contributed by atoms with van der Waals surface area (Å²) in [5, 5.41) is 9.57. The van der Waals surface area contributed by atoms with Crippen LogP contribution in [0, 0.1) is 29.1 Å². The maximum Gasteiger partial charge on any atom is 0.243 e. The van der Waals surface area contributed by atoms with Gasteiger partial charge < -0.3 is 9.32 Å². The predicted octanol–water partition coefficient (Wildman–Crippen LogP) is 4.12. The zero-order valence-corrected chi connectivity index (χ0v) is 19.2. The minimum Gasteiger partial charge on any atom is -0.419 e. The van der Waals surface area contributed by atoms with Crippen LogP contribution in [0.2, 0.25) is 0 Å². The molecule has 1 aromatic heterocycles. The Hall–Kier alpha value is -2.37. The number of oxazole rings is 1. The Labute approximate surface area is 184 Å². The van der Waals surface area contributed by atoms with E-state index in [2.05, 4.69) is 36.7 Å². The monoisotopic (exact) mass is 442 g/mol. The summed E-state index contributed by atoms with van der Waals surface area (Å²) < 4.78 is 33.5. The molecule has 166 valence electrons. The van der Waals surface area contributed by atoms with Gasteiger partial charge in [0, 0.05) is 31.7 Å². The van der Waals surface area contributed by atoms with E-state index in [1.165, 1.54) is 0 Å². The lowest BCUT2D eigenvalue weighted by Crippen LogP contribution is -2.38. The number of hydrogen-bond donors (Lipinski definition) is 0. The molecular weight excluding hydrogens is 412 g/mol. The number of nitrogens with zero attached hydrogens (tertiary/aromatic N) is 4. The molecular formula is C23H30N4O3S. The lowest BCUT2D eigenvalue weighted by molar-refractivity contribution is 0.288. The molecule has 0 aliphatic carbocycles. The molecule has 0 bridgehead atoms. The highest BCUT2D eigenvalue weighted by Crippen LogP contribution is 2.33. The number of aromatic nitrogens is 1. The molecule has 4 rings (SSSR count). The van der Waals surface area contributed by atoms with Crippen LogP contribution in [0.3, 0.4) is 0 Å². The Morgan fingerprint density at radius 3 is 2.23 bits per heavy atom. The molecule has 2 atom stereocenters. The summed E-state index contributed by atoms with van der Waals surface area (Å²) in [6.45, 7) is 9.35. The minimum atomic E-state index is -3.50. The lowest BCUT2D eigenvalue weighted by Gasteiger charge is -2.34. The van der Waals surface area contributed by atoms with Gasteiger partial charge in [-0.1, -0.05) is 20.8 Å². The molecule has 0 spiro atoms. The van der Waals surface area contributed by atoms with E-state index in [0.717, 1.165) is 32.4 Å². The van der Waals surface area contributed by atoms with Crippen molar-refractivity contribution in [2.24, 2.45) is 17.8 Å². The lowest BCUT2D eigenvalue weighted by atomic mass is 9.92. The van der Waals surface area contributed by atoms with E-state index < -0.39 is 10.0 Å². The summed E-state index contributed by atoms with van der Waals surface area (Å²) in [6.07, 6.45) is 2.94. The molecule has 2 fully saturated rings. The van der Waals surface area contributed by atoms with Crippen molar-refractivity contribution in [2.45, 2.75) is 44.9 Å². The standard InChI is InChI=1S/C23H30N4O3S/c1-16-8-10-27(11-9-16)31(28,29)20-6-4-19(5-7-20)22-25-21(13-24)23(30-22)26-14-17(2)12-18(3)15-26/h4-7,16-18H,8-12,14-15H2,1-3H3/t17-,18-/m0/s1. The fourth-order valence-corrected chi connectivity index (χ4v) is 6.16. The van der Waals surface area contributed by atoms with E-state index in [9.17, 15) is 13.7 Å². The first kappa shape index (κ1) is 21.8. The van der Waals surface area contributed by atoms with Crippen LogP contribution in [0.25, 0.3) is 11.5 Å². The molecule has 0 saturated carbocycles. The van der Waals surface area contributed by atoms with Gasteiger partial charge in [0.05, 0.1) is 4.90 Å². The van der Waals surface area contributed by atoms with Crippen LogP contribution in [0.15, 0.2) is 33.6 Å². The topological polar surface area (TPSA) is 90.4 Å². The van der Waals surface area contributed by atoms with Crippen LogP contribution in [0.4, 0.5) is 5.88 Å². The largest absolute Gasteiger partial charge is 0.419 e. The molecule has 0 amide bonds. The summed E-state index contributed by atoms with van der Waals surface area (Å²) in [7, 11) is -3.50. The van der Waals surface area contributed by atoms with Crippen molar-refractivity contribution in [3.8, 4) is 17.5 Å². The highest BCUT2D eigenvalue weighted by Gasteiger charge is 2.29. The molecule has 2 aliphatic heterocycles. The quantitative estimate of drug-likeness (QED) is 0.708. The van der Waals surface area contributed by atoms with Crippen LogP contribution in [-0.4, -0.2) is 43.9 Å². The number of sulfonamides is 1. The van der Waals surface area contributed by atoms with E-state index >= 15 is 0 Å². The fraction of sp³-hybridized carbons (Fsp3) is 0.565. The van der Waals surface area contributed by atoms with Crippen molar-refractivity contribution >= 4 is 15.9 Å². The van der Waals surface area contributed by atoms with E-state index in [1.807, 2.05) is 0 Å². The predicted molar refractivity (Wildman–Crippen MR) is 119 cm³/mol. The number of piperidine rings is 2. The van der Waals surface area contributed by atoms with Crippen molar-refractivity contribution in [1.82, 2.24) is 9.29 Å². The summed E-state index contributed by atoms with van der Waals surface area (Å²) in [5.41, 5.74) is 0.933. The zero-order chi connectivity index (χ0) is 22.2. The van der Waals surface area contributed by atoms with Crippen molar-refractivity contribution in [2.75, 3.05) is 31.1 Å². The van der Waals surface area contributed by atoms with Crippen LogP contribution >= 0.6 is 0 Å². The maximum absolute atomic E-state index is 13.0. The van der Waals surface area contributed by atoms with E-state index in [1.54, 1.807) is 28.6 Å². The van der Waals surface area contributed by atoms with Gasteiger partial charge in [0.25, 0.3) is 0 Å². The van der Waals surface area contributed by atoms with Crippen LogP contribution in [0.1, 0.15) is 45.7 Å². The van der Waals surface area contributed by atoms with Gasteiger partial charge in [-0.15, -0.1) is 0 Å². The second-order valence-corrected chi connectivity index (χ2v) is 11.2. The molecule has 3 heterocycles. The van der Waals surface area contributed by atoms with E-state index in [-0.39, 0.29) is 10.6 Å². The summed E-state index contributed by atoms with van der Waals surface area (Å²) >= 11 is 0. The van der Waals surface area contributed by atoms with Gasteiger partial charge in [-0.05, 0) is 61.3 Å². The molecule has 2 saturated heterocycles. The Bertz CT molecular complexity index is 1050. The second-order valence-electron chi connectivity index (χ2n) is 9.25. The number of benzene rings is 1. The molecule has 8 heteroatoms. The third kappa shape index (κ3) is 4.48. The molecule has 31 heavy (non-hydrogen) atoms. The van der Waals surface area contributed by atoms with Crippen molar-refractivity contribution < 1.29 is 12.8 Å². The average molecular weight is 443 g/mol. The van der Waals surface area contributed by atoms with Crippen molar-refractivity contribution in [3.63, 3.8) is 0 Å². The average Bonchev–Trinajstić information content (AvgIpc) is 3.18. The summed E-state index contributed by atoms with van der Waals surface area (Å²) in [6, 6.07) is 8.76. The third-order valence-corrected chi connectivity index (χ3v) is 8.27. The Morgan fingerprint density at radius 2 is 1.65 bits per heavy atom. The second kappa shape index (κ2) is 8.64. The van der Waals surface area contributed by atoms with Crippen molar-refractivity contribution in [3.05, 3.63) is 30.0 Å².